The summed E-state index contributed by atoms with van der Waals surface area (Å²) in [6.07, 6.45) is 0. The first kappa shape index (κ1) is 10.7. The SMILES string of the molecule is Cc1cc(C)c(C2(C)NCCN2)c(C)c1. The minimum atomic E-state index is -0.0398. The summed E-state index contributed by atoms with van der Waals surface area (Å²) in [4.78, 5) is 0. The largest absolute Gasteiger partial charge is 0.294 e. The van der Waals surface area contributed by atoms with Gasteiger partial charge in [-0.25, -0.2) is 0 Å². The van der Waals surface area contributed by atoms with Crippen LogP contribution in [0.4, 0.5) is 0 Å². The van der Waals surface area contributed by atoms with Gasteiger partial charge >= 0.3 is 0 Å². The van der Waals surface area contributed by atoms with E-state index < -0.39 is 0 Å². The van der Waals surface area contributed by atoms with Crippen LogP contribution in [0.5, 0.6) is 0 Å². The molecule has 0 radical (unpaired) electrons. The Labute approximate surface area is 92.1 Å². The number of rotatable bonds is 1. The molecule has 0 saturated carbocycles. The third-order valence-electron chi connectivity index (χ3n) is 3.26. The summed E-state index contributed by atoms with van der Waals surface area (Å²) in [6, 6.07) is 4.52. The highest BCUT2D eigenvalue weighted by atomic mass is 15.2. The van der Waals surface area contributed by atoms with Gasteiger partial charge in [0.25, 0.3) is 0 Å². The van der Waals surface area contributed by atoms with Crippen molar-refractivity contribution in [2.24, 2.45) is 0 Å². The van der Waals surface area contributed by atoms with Crippen molar-refractivity contribution in [2.75, 3.05) is 13.1 Å². The maximum absolute atomic E-state index is 3.54. The lowest BCUT2D eigenvalue weighted by Crippen LogP contribution is -2.43. The number of hydrogen-bond donors (Lipinski definition) is 2. The van der Waals surface area contributed by atoms with Crippen LogP contribution in [-0.4, -0.2) is 13.1 Å². The molecule has 0 amide bonds. The molecule has 1 fully saturated rings. The molecule has 0 atom stereocenters. The Hall–Kier alpha value is -0.860. The maximum Gasteiger partial charge on any atom is 0.0926 e. The lowest BCUT2D eigenvalue weighted by atomic mass is 9.91. The van der Waals surface area contributed by atoms with Gasteiger partial charge in [-0.1, -0.05) is 17.7 Å². The van der Waals surface area contributed by atoms with Gasteiger partial charge in [0, 0.05) is 13.1 Å². The van der Waals surface area contributed by atoms with Gasteiger partial charge in [0.05, 0.1) is 5.66 Å². The van der Waals surface area contributed by atoms with Crippen LogP contribution in [-0.2, 0) is 5.66 Å². The molecule has 0 unspecified atom stereocenters. The summed E-state index contributed by atoms with van der Waals surface area (Å²) < 4.78 is 0. The van der Waals surface area contributed by atoms with Gasteiger partial charge in [-0.3, -0.25) is 10.6 Å². The summed E-state index contributed by atoms with van der Waals surface area (Å²) in [5, 5.41) is 7.08. The van der Waals surface area contributed by atoms with Crippen LogP contribution < -0.4 is 10.6 Å². The molecule has 2 N–H and O–H groups in total. The number of benzene rings is 1. The fourth-order valence-corrected chi connectivity index (χ4v) is 2.83. The smallest absolute Gasteiger partial charge is 0.0926 e. The highest BCUT2D eigenvalue weighted by Gasteiger charge is 2.31. The zero-order valence-electron chi connectivity index (χ0n) is 10.1. The summed E-state index contributed by atoms with van der Waals surface area (Å²) in [6.45, 7) is 10.9. The van der Waals surface area contributed by atoms with E-state index in [4.69, 9.17) is 0 Å². The predicted octanol–water partition coefficient (Wildman–Crippen LogP) is 1.98. The number of hydrogen-bond acceptors (Lipinski definition) is 2. The van der Waals surface area contributed by atoms with Gasteiger partial charge in [0.1, 0.15) is 0 Å². The molecule has 1 aliphatic rings. The van der Waals surface area contributed by atoms with E-state index in [1.54, 1.807) is 0 Å². The van der Waals surface area contributed by atoms with Crippen molar-refractivity contribution in [3.8, 4) is 0 Å². The summed E-state index contributed by atoms with van der Waals surface area (Å²) in [7, 11) is 0. The maximum atomic E-state index is 3.54. The molecule has 0 bridgehead atoms. The van der Waals surface area contributed by atoms with Crippen molar-refractivity contribution in [3.63, 3.8) is 0 Å². The van der Waals surface area contributed by atoms with E-state index in [0.29, 0.717) is 0 Å². The van der Waals surface area contributed by atoms with Crippen molar-refractivity contribution in [1.82, 2.24) is 10.6 Å². The summed E-state index contributed by atoms with van der Waals surface area (Å²) in [5.41, 5.74) is 5.46. The second-order valence-electron chi connectivity index (χ2n) is 4.75. The zero-order chi connectivity index (χ0) is 11.1. The van der Waals surface area contributed by atoms with Crippen LogP contribution >= 0.6 is 0 Å². The van der Waals surface area contributed by atoms with Gasteiger partial charge < -0.3 is 0 Å². The minimum Gasteiger partial charge on any atom is -0.294 e. The third-order valence-corrected chi connectivity index (χ3v) is 3.26. The fourth-order valence-electron chi connectivity index (χ4n) is 2.83. The average molecular weight is 204 g/mol. The molecule has 2 heteroatoms. The Morgan fingerprint density at radius 1 is 1.00 bits per heavy atom. The Balaban J connectivity index is 2.52. The van der Waals surface area contributed by atoms with Crippen molar-refractivity contribution >= 4 is 0 Å². The number of aryl methyl sites for hydroxylation is 3. The van der Waals surface area contributed by atoms with Crippen LogP contribution in [0, 0.1) is 20.8 Å². The Morgan fingerprint density at radius 3 is 1.93 bits per heavy atom. The Bertz CT molecular complexity index is 353. The highest BCUT2D eigenvalue weighted by molar-refractivity contribution is 5.42. The first-order valence-corrected chi connectivity index (χ1v) is 5.61. The highest BCUT2D eigenvalue weighted by Crippen LogP contribution is 2.27. The predicted molar refractivity (Wildman–Crippen MR) is 64.0 cm³/mol. The lowest BCUT2D eigenvalue weighted by molar-refractivity contribution is 0.381. The van der Waals surface area contributed by atoms with Gasteiger partial charge in [-0.05, 0) is 44.4 Å². The quantitative estimate of drug-likeness (QED) is 0.731. The first-order chi connectivity index (χ1) is 7.03. The standard InChI is InChI=1S/C13H20N2/c1-9-7-10(2)12(11(3)8-9)13(4)14-5-6-15-13/h7-8,14-15H,5-6H2,1-4H3. The molecule has 2 rings (SSSR count). The van der Waals surface area contributed by atoms with Crippen LogP contribution in [0.3, 0.4) is 0 Å². The molecule has 1 heterocycles. The van der Waals surface area contributed by atoms with Crippen LogP contribution in [0.1, 0.15) is 29.2 Å². The van der Waals surface area contributed by atoms with Crippen LogP contribution in [0.15, 0.2) is 12.1 Å². The molecular formula is C13H20N2. The van der Waals surface area contributed by atoms with E-state index >= 15 is 0 Å². The fraction of sp³-hybridized carbons (Fsp3) is 0.538. The molecule has 0 aliphatic carbocycles. The van der Waals surface area contributed by atoms with Crippen molar-refractivity contribution in [2.45, 2.75) is 33.4 Å². The molecule has 1 aromatic rings. The minimum absolute atomic E-state index is 0.0398. The molecule has 1 saturated heterocycles. The molecule has 2 nitrogen and oxygen atoms in total. The third kappa shape index (κ3) is 1.80. The Morgan fingerprint density at radius 2 is 1.47 bits per heavy atom. The molecular weight excluding hydrogens is 184 g/mol. The first-order valence-electron chi connectivity index (χ1n) is 5.61. The molecule has 0 spiro atoms. The average Bonchev–Trinajstić information content (AvgIpc) is 2.50. The van der Waals surface area contributed by atoms with Gasteiger partial charge in [-0.15, -0.1) is 0 Å². The number of nitrogens with one attached hydrogen (secondary N) is 2. The Kier molecular flexibility index (Phi) is 2.57. The van der Waals surface area contributed by atoms with E-state index in [0.717, 1.165) is 13.1 Å². The van der Waals surface area contributed by atoms with E-state index in [-0.39, 0.29) is 5.66 Å². The second-order valence-corrected chi connectivity index (χ2v) is 4.75. The van der Waals surface area contributed by atoms with E-state index in [1.807, 2.05) is 0 Å². The normalized spacial score (nSPS) is 19.5. The van der Waals surface area contributed by atoms with E-state index in [9.17, 15) is 0 Å². The second kappa shape index (κ2) is 3.62. The van der Waals surface area contributed by atoms with E-state index in [1.165, 1.54) is 22.3 Å². The topological polar surface area (TPSA) is 24.1 Å². The summed E-state index contributed by atoms with van der Waals surface area (Å²) in [5.74, 6) is 0. The molecule has 15 heavy (non-hydrogen) atoms. The van der Waals surface area contributed by atoms with Crippen molar-refractivity contribution in [1.29, 1.82) is 0 Å². The van der Waals surface area contributed by atoms with E-state index in [2.05, 4.69) is 50.5 Å². The molecule has 1 aliphatic heterocycles. The van der Waals surface area contributed by atoms with Crippen molar-refractivity contribution < 1.29 is 0 Å². The van der Waals surface area contributed by atoms with Gasteiger partial charge in [0.15, 0.2) is 0 Å². The van der Waals surface area contributed by atoms with Crippen LogP contribution in [0.2, 0.25) is 0 Å². The zero-order valence-corrected chi connectivity index (χ0v) is 10.1. The van der Waals surface area contributed by atoms with Gasteiger partial charge in [0.2, 0.25) is 0 Å². The monoisotopic (exact) mass is 204 g/mol. The molecule has 0 aromatic heterocycles. The summed E-state index contributed by atoms with van der Waals surface area (Å²) >= 11 is 0. The molecule has 1 aromatic carbocycles. The van der Waals surface area contributed by atoms with Gasteiger partial charge in [-0.2, -0.15) is 0 Å². The lowest BCUT2D eigenvalue weighted by Gasteiger charge is -2.29. The molecule has 82 valence electrons. The van der Waals surface area contributed by atoms with Crippen LogP contribution in [0.25, 0.3) is 0 Å². The van der Waals surface area contributed by atoms with Crippen molar-refractivity contribution in [3.05, 3.63) is 34.4 Å².